The van der Waals surface area contributed by atoms with Gasteiger partial charge in [-0.2, -0.15) is 0 Å². The lowest BCUT2D eigenvalue weighted by atomic mass is 10.1. The van der Waals surface area contributed by atoms with Gasteiger partial charge in [0.05, 0.1) is 17.2 Å². The number of hydrogen-bond donors (Lipinski definition) is 1. The molecule has 5 nitrogen and oxygen atoms in total. The molecule has 0 spiro atoms. The van der Waals surface area contributed by atoms with Gasteiger partial charge < -0.3 is 10.2 Å². The minimum atomic E-state index is -2.82. The minimum absolute atomic E-state index is 0.0724. The van der Waals surface area contributed by atoms with E-state index < -0.39 is 9.84 Å². The van der Waals surface area contributed by atoms with Crippen molar-refractivity contribution in [2.75, 3.05) is 29.5 Å². The van der Waals surface area contributed by atoms with Crippen LogP contribution in [-0.2, 0) is 16.4 Å². The number of rotatable bonds is 3. The number of aromatic nitrogens is 1. The van der Waals surface area contributed by atoms with Crippen molar-refractivity contribution in [3.8, 4) is 0 Å². The molecule has 19 heavy (non-hydrogen) atoms. The van der Waals surface area contributed by atoms with Gasteiger partial charge in [0.2, 0.25) is 0 Å². The molecule has 2 rings (SSSR count). The number of anilines is 1. The van der Waals surface area contributed by atoms with E-state index in [0.717, 1.165) is 17.4 Å². The molecule has 1 aromatic heterocycles. The quantitative estimate of drug-likeness (QED) is 0.911. The summed E-state index contributed by atoms with van der Waals surface area (Å²) in [5, 5.41) is 6.37. The van der Waals surface area contributed by atoms with E-state index in [1.807, 2.05) is 5.38 Å². The first-order valence-electron chi connectivity index (χ1n) is 6.40. The molecular formula is C12H21N3O2S2. The van der Waals surface area contributed by atoms with Gasteiger partial charge >= 0.3 is 0 Å². The molecule has 0 atom stereocenters. The van der Waals surface area contributed by atoms with Crippen LogP contribution in [0.5, 0.6) is 0 Å². The fourth-order valence-corrected chi connectivity index (χ4v) is 3.86. The predicted octanol–water partition coefficient (Wildman–Crippen LogP) is 1.27. The van der Waals surface area contributed by atoms with Crippen molar-refractivity contribution in [3.05, 3.63) is 11.1 Å². The summed E-state index contributed by atoms with van der Waals surface area (Å²) in [7, 11) is -2.82. The fraction of sp³-hybridized carbons (Fsp3) is 0.750. The van der Waals surface area contributed by atoms with E-state index in [1.165, 1.54) is 0 Å². The largest absolute Gasteiger partial charge is 0.346 e. The van der Waals surface area contributed by atoms with Crippen molar-refractivity contribution in [2.45, 2.75) is 32.9 Å². The molecule has 0 bridgehead atoms. The summed E-state index contributed by atoms with van der Waals surface area (Å²) in [6.45, 7) is 8.22. The van der Waals surface area contributed by atoms with Gasteiger partial charge in [-0.3, -0.25) is 0 Å². The van der Waals surface area contributed by atoms with Crippen LogP contribution >= 0.6 is 11.3 Å². The van der Waals surface area contributed by atoms with Crippen molar-refractivity contribution in [1.29, 1.82) is 0 Å². The molecule has 1 saturated heterocycles. The third kappa shape index (κ3) is 4.43. The molecule has 0 aromatic carbocycles. The number of hydrogen-bond acceptors (Lipinski definition) is 6. The molecule has 7 heteroatoms. The van der Waals surface area contributed by atoms with Crippen LogP contribution in [0.1, 0.15) is 26.5 Å². The van der Waals surface area contributed by atoms with E-state index >= 15 is 0 Å². The zero-order valence-electron chi connectivity index (χ0n) is 11.6. The van der Waals surface area contributed by atoms with Gasteiger partial charge in [0, 0.05) is 30.6 Å². The van der Waals surface area contributed by atoms with Crippen LogP contribution in [-0.4, -0.2) is 43.5 Å². The number of sulfone groups is 1. The lowest BCUT2D eigenvalue weighted by Gasteiger charge is -2.26. The third-order valence-corrected chi connectivity index (χ3v) is 5.51. The van der Waals surface area contributed by atoms with Gasteiger partial charge in [0.15, 0.2) is 15.0 Å². The monoisotopic (exact) mass is 303 g/mol. The molecule has 0 radical (unpaired) electrons. The molecule has 0 amide bonds. The maximum absolute atomic E-state index is 11.4. The van der Waals surface area contributed by atoms with Gasteiger partial charge in [-0.05, 0) is 20.8 Å². The summed E-state index contributed by atoms with van der Waals surface area (Å²) in [6.07, 6.45) is 0. The number of thiazole rings is 1. The highest BCUT2D eigenvalue weighted by molar-refractivity contribution is 7.91. The van der Waals surface area contributed by atoms with Crippen molar-refractivity contribution < 1.29 is 8.42 Å². The molecule has 108 valence electrons. The van der Waals surface area contributed by atoms with Crippen molar-refractivity contribution in [1.82, 2.24) is 10.3 Å². The average molecular weight is 303 g/mol. The predicted molar refractivity (Wildman–Crippen MR) is 79.6 cm³/mol. The van der Waals surface area contributed by atoms with Crippen LogP contribution in [0.3, 0.4) is 0 Å². The lowest BCUT2D eigenvalue weighted by molar-refractivity contribution is 0.422. The number of nitrogens with one attached hydrogen (secondary N) is 1. The summed E-state index contributed by atoms with van der Waals surface area (Å²) in [6, 6.07) is 0. The first-order valence-corrected chi connectivity index (χ1v) is 9.10. The molecule has 0 aliphatic carbocycles. The topological polar surface area (TPSA) is 62.3 Å². The Labute approximate surface area is 119 Å². The van der Waals surface area contributed by atoms with E-state index in [0.29, 0.717) is 13.1 Å². The average Bonchev–Trinajstić information content (AvgIpc) is 2.74. The maximum Gasteiger partial charge on any atom is 0.185 e. The van der Waals surface area contributed by atoms with Crippen LogP contribution < -0.4 is 10.2 Å². The highest BCUT2D eigenvalue weighted by Crippen LogP contribution is 2.22. The molecule has 1 aromatic rings. The number of nitrogens with zero attached hydrogens (tertiary/aromatic N) is 2. The Hall–Kier alpha value is -0.660. The van der Waals surface area contributed by atoms with Crippen LogP contribution in [0.25, 0.3) is 0 Å². The minimum Gasteiger partial charge on any atom is -0.346 e. The second-order valence-corrected chi connectivity index (χ2v) is 9.00. The summed E-state index contributed by atoms with van der Waals surface area (Å²) in [4.78, 5) is 6.63. The summed E-state index contributed by atoms with van der Waals surface area (Å²) in [5.74, 6) is 0.476. The highest BCUT2D eigenvalue weighted by Gasteiger charge is 2.23. The van der Waals surface area contributed by atoms with Gasteiger partial charge in [-0.25, -0.2) is 13.4 Å². The van der Waals surface area contributed by atoms with Crippen molar-refractivity contribution >= 4 is 26.3 Å². The summed E-state index contributed by atoms with van der Waals surface area (Å²) in [5.41, 5.74) is 1.09. The van der Waals surface area contributed by atoms with Crippen LogP contribution in [0, 0.1) is 0 Å². The fourth-order valence-electron chi connectivity index (χ4n) is 1.78. The van der Waals surface area contributed by atoms with E-state index in [-0.39, 0.29) is 17.0 Å². The van der Waals surface area contributed by atoms with E-state index in [9.17, 15) is 8.42 Å². The smallest absolute Gasteiger partial charge is 0.185 e. The molecular weight excluding hydrogens is 282 g/mol. The van der Waals surface area contributed by atoms with Gasteiger partial charge in [0.1, 0.15) is 0 Å². The lowest BCUT2D eigenvalue weighted by Crippen LogP contribution is -2.40. The van der Waals surface area contributed by atoms with E-state index in [4.69, 9.17) is 0 Å². The Balaban J connectivity index is 1.94. The van der Waals surface area contributed by atoms with Gasteiger partial charge in [0.25, 0.3) is 0 Å². The molecule has 0 saturated carbocycles. The van der Waals surface area contributed by atoms with Gasteiger partial charge in [-0.1, -0.05) is 0 Å². The molecule has 1 N–H and O–H groups in total. The Morgan fingerprint density at radius 2 is 2.00 bits per heavy atom. The standard InChI is InChI=1S/C12H21N3O2S2/c1-12(2,3)13-8-10-9-18-11(14-10)15-4-6-19(16,17)7-5-15/h9,13H,4-8H2,1-3H3. The second-order valence-electron chi connectivity index (χ2n) is 5.86. The van der Waals surface area contributed by atoms with Crippen molar-refractivity contribution in [2.24, 2.45) is 0 Å². The maximum atomic E-state index is 11.4. The zero-order chi connectivity index (χ0) is 14.1. The second kappa shape index (κ2) is 5.38. The zero-order valence-corrected chi connectivity index (χ0v) is 13.3. The highest BCUT2D eigenvalue weighted by atomic mass is 32.2. The summed E-state index contributed by atoms with van der Waals surface area (Å²) < 4.78 is 22.8. The molecule has 2 heterocycles. The van der Waals surface area contributed by atoms with E-state index in [1.54, 1.807) is 11.3 Å². The normalized spacial score (nSPS) is 19.6. The Morgan fingerprint density at radius 1 is 1.37 bits per heavy atom. The molecule has 0 unspecified atom stereocenters. The van der Waals surface area contributed by atoms with Crippen LogP contribution in [0.4, 0.5) is 5.13 Å². The molecule has 1 fully saturated rings. The first-order chi connectivity index (χ1) is 8.75. The Kier molecular flexibility index (Phi) is 4.17. The van der Waals surface area contributed by atoms with Crippen LogP contribution in [0.15, 0.2) is 5.38 Å². The summed E-state index contributed by atoms with van der Waals surface area (Å²) >= 11 is 1.59. The first kappa shape index (κ1) is 14.7. The van der Waals surface area contributed by atoms with E-state index in [2.05, 4.69) is 36.0 Å². The Morgan fingerprint density at radius 3 is 2.58 bits per heavy atom. The third-order valence-electron chi connectivity index (χ3n) is 2.95. The van der Waals surface area contributed by atoms with Gasteiger partial charge in [-0.15, -0.1) is 11.3 Å². The Bertz CT molecular complexity index is 517. The van der Waals surface area contributed by atoms with Crippen LogP contribution in [0.2, 0.25) is 0 Å². The molecule has 1 aliphatic rings. The SMILES string of the molecule is CC(C)(C)NCc1csc(N2CCS(=O)(=O)CC2)n1. The van der Waals surface area contributed by atoms with Crippen molar-refractivity contribution in [3.63, 3.8) is 0 Å². The molecule has 1 aliphatic heterocycles.